The molecule has 0 heterocycles. The first-order valence-electron chi connectivity index (χ1n) is 7.30. The summed E-state index contributed by atoms with van der Waals surface area (Å²) in [5.74, 6) is 0. The van der Waals surface area contributed by atoms with Crippen LogP contribution in [0.1, 0.15) is 44.9 Å². The highest BCUT2D eigenvalue weighted by molar-refractivity contribution is 8.00. The van der Waals surface area contributed by atoms with Crippen LogP contribution in [0.25, 0.3) is 0 Å². The van der Waals surface area contributed by atoms with Gasteiger partial charge in [-0.25, -0.2) is 0 Å². The highest BCUT2D eigenvalue weighted by Gasteiger charge is 2.53. The first-order chi connectivity index (χ1) is 9.15. The van der Waals surface area contributed by atoms with Crippen molar-refractivity contribution in [3.8, 4) is 0 Å². The fourth-order valence-corrected chi connectivity index (χ4v) is 5.72. The molecule has 0 unspecified atom stereocenters. The summed E-state index contributed by atoms with van der Waals surface area (Å²) >= 11 is 7.92. The maximum Gasteiger partial charge on any atom is 0.0406 e. The van der Waals surface area contributed by atoms with Gasteiger partial charge in [-0.3, -0.25) is 0 Å². The van der Waals surface area contributed by atoms with Crippen LogP contribution < -0.4 is 5.73 Å². The molecule has 3 rings (SSSR count). The molecule has 2 aliphatic carbocycles. The van der Waals surface area contributed by atoms with E-state index in [1.807, 2.05) is 23.9 Å². The lowest BCUT2D eigenvalue weighted by Gasteiger charge is -2.57. The van der Waals surface area contributed by atoms with Crippen LogP contribution in [0.4, 0.5) is 0 Å². The molecule has 3 heteroatoms. The van der Waals surface area contributed by atoms with E-state index < -0.39 is 0 Å². The smallest absolute Gasteiger partial charge is 0.0406 e. The Morgan fingerprint density at radius 1 is 1.05 bits per heavy atom. The second-order valence-electron chi connectivity index (χ2n) is 6.36. The van der Waals surface area contributed by atoms with Crippen LogP contribution >= 0.6 is 23.4 Å². The molecule has 2 saturated carbocycles. The van der Waals surface area contributed by atoms with E-state index in [2.05, 4.69) is 12.1 Å². The van der Waals surface area contributed by atoms with Crippen molar-refractivity contribution >= 4 is 23.4 Å². The molecule has 0 aromatic heterocycles. The Labute approximate surface area is 125 Å². The summed E-state index contributed by atoms with van der Waals surface area (Å²) in [6, 6.07) is 8.19. The van der Waals surface area contributed by atoms with Crippen molar-refractivity contribution in [3.63, 3.8) is 0 Å². The fourth-order valence-electron chi connectivity index (χ4n) is 3.98. The fraction of sp³-hybridized carbons (Fsp3) is 0.625. The summed E-state index contributed by atoms with van der Waals surface area (Å²) < 4.78 is 0.283. The van der Waals surface area contributed by atoms with Crippen molar-refractivity contribution < 1.29 is 0 Å². The third-order valence-corrected chi connectivity index (χ3v) is 6.48. The predicted molar refractivity (Wildman–Crippen MR) is 83.8 cm³/mol. The molecule has 0 bridgehead atoms. The van der Waals surface area contributed by atoms with Gasteiger partial charge in [-0.1, -0.05) is 30.9 Å². The number of thioether (sulfide) groups is 1. The molecule has 19 heavy (non-hydrogen) atoms. The number of hydrogen-bond acceptors (Lipinski definition) is 2. The molecule has 1 spiro atoms. The van der Waals surface area contributed by atoms with Gasteiger partial charge in [-0.15, -0.1) is 11.8 Å². The van der Waals surface area contributed by atoms with Crippen molar-refractivity contribution in [1.82, 2.24) is 0 Å². The summed E-state index contributed by atoms with van der Waals surface area (Å²) in [4.78, 5) is 1.31. The summed E-state index contributed by atoms with van der Waals surface area (Å²) in [6.45, 7) is 0.794. The predicted octanol–water partition coefficient (Wildman–Crippen LogP) is 4.87. The van der Waals surface area contributed by atoms with E-state index in [0.717, 1.165) is 11.6 Å². The Balaban J connectivity index is 1.67. The van der Waals surface area contributed by atoms with Gasteiger partial charge in [0.05, 0.1) is 0 Å². The molecular formula is C16H22ClNS. The molecule has 0 atom stereocenters. The maximum absolute atomic E-state index is 6.09. The Kier molecular flexibility index (Phi) is 3.85. The maximum atomic E-state index is 6.09. The van der Waals surface area contributed by atoms with Gasteiger partial charge in [0.2, 0.25) is 0 Å². The van der Waals surface area contributed by atoms with Crippen molar-refractivity contribution in [3.05, 3.63) is 29.3 Å². The molecule has 104 valence electrons. The third-order valence-electron chi connectivity index (χ3n) is 4.83. The standard InChI is InChI=1S/C16H22ClNS/c17-13-4-6-14(7-5-13)19-16(12-18)10-15(11-16)8-2-1-3-9-15/h4-7H,1-3,8-12,18H2. The van der Waals surface area contributed by atoms with Crippen molar-refractivity contribution in [2.75, 3.05) is 6.54 Å². The van der Waals surface area contributed by atoms with E-state index in [-0.39, 0.29) is 4.75 Å². The summed E-state index contributed by atoms with van der Waals surface area (Å²) in [5.41, 5.74) is 6.73. The molecule has 0 aliphatic heterocycles. The molecule has 0 amide bonds. The SMILES string of the molecule is NCC1(Sc2ccc(Cl)cc2)CC2(CCCCC2)C1. The second kappa shape index (κ2) is 5.31. The Hall–Kier alpha value is -0.180. The highest BCUT2D eigenvalue weighted by Crippen LogP contribution is 2.62. The number of halogens is 1. The van der Waals surface area contributed by atoms with Gasteiger partial charge in [0.1, 0.15) is 0 Å². The second-order valence-corrected chi connectivity index (χ2v) is 8.34. The van der Waals surface area contributed by atoms with E-state index in [4.69, 9.17) is 17.3 Å². The topological polar surface area (TPSA) is 26.0 Å². The van der Waals surface area contributed by atoms with Crippen LogP contribution in [0.2, 0.25) is 5.02 Å². The number of hydrogen-bond donors (Lipinski definition) is 1. The van der Waals surface area contributed by atoms with E-state index in [0.29, 0.717) is 5.41 Å². The largest absolute Gasteiger partial charge is 0.329 e. The minimum atomic E-state index is 0.283. The molecule has 2 fully saturated rings. The molecule has 1 aromatic rings. The van der Waals surface area contributed by atoms with Crippen LogP contribution in [0.3, 0.4) is 0 Å². The molecule has 1 aromatic carbocycles. The third kappa shape index (κ3) is 2.81. The Bertz CT molecular complexity index is 429. The zero-order chi connectivity index (χ0) is 13.3. The van der Waals surface area contributed by atoms with Crippen molar-refractivity contribution in [2.45, 2.75) is 54.6 Å². The van der Waals surface area contributed by atoms with Crippen molar-refractivity contribution in [1.29, 1.82) is 0 Å². The van der Waals surface area contributed by atoms with Crippen molar-refractivity contribution in [2.24, 2.45) is 11.1 Å². The van der Waals surface area contributed by atoms with Crippen LogP contribution in [0.15, 0.2) is 29.2 Å². The molecule has 0 saturated heterocycles. The summed E-state index contributed by atoms with van der Waals surface area (Å²) in [7, 11) is 0. The summed E-state index contributed by atoms with van der Waals surface area (Å²) in [5, 5.41) is 0.809. The minimum absolute atomic E-state index is 0.283. The van der Waals surface area contributed by atoms with Gasteiger partial charge in [0.25, 0.3) is 0 Å². The van der Waals surface area contributed by atoms with Gasteiger partial charge < -0.3 is 5.73 Å². The lowest BCUT2D eigenvalue weighted by molar-refractivity contribution is 0.0402. The number of rotatable bonds is 3. The summed E-state index contributed by atoms with van der Waals surface area (Å²) in [6.07, 6.45) is 9.75. The molecule has 0 radical (unpaired) electrons. The highest BCUT2D eigenvalue weighted by atomic mass is 35.5. The van der Waals surface area contributed by atoms with Gasteiger partial charge in [0, 0.05) is 21.2 Å². The van der Waals surface area contributed by atoms with Gasteiger partial charge in [0.15, 0.2) is 0 Å². The lowest BCUT2D eigenvalue weighted by Crippen LogP contribution is -2.54. The van der Waals surface area contributed by atoms with Gasteiger partial charge in [-0.05, 0) is 55.4 Å². The quantitative estimate of drug-likeness (QED) is 0.860. The molecular weight excluding hydrogens is 274 g/mol. The number of benzene rings is 1. The first kappa shape index (κ1) is 13.8. The van der Waals surface area contributed by atoms with E-state index in [1.54, 1.807) is 0 Å². The van der Waals surface area contributed by atoms with E-state index in [9.17, 15) is 0 Å². The van der Waals surface area contributed by atoms with E-state index >= 15 is 0 Å². The van der Waals surface area contributed by atoms with Gasteiger partial charge >= 0.3 is 0 Å². The average Bonchev–Trinajstić information content (AvgIpc) is 2.40. The number of nitrogens with two attached hydrogens (primary N) is 1. The van der Waals surface area contributed by atoms with E-state index in [1.165, 1.54) is 49.8 Å². The first-order valence-corrected chi connectivity index (χ1v) is 8.50. The Morgan fingerprint density at radius 2 is 1.68 bits per heavy atom. The average molecular weight is 296 g/mol. The van der Waals surface area contributed by atoms with Crippen LogP contribution in [0.5, 0.6) is 0 Å². The van der Waals surface area contributed by atoms with Crippen LogP contribution in [-0.4, -0.2) is 11.3 Å². The monoisotopic (exact) mass is 295 g/mol. The molecule has 1 nitrogen and oxygen atoms in total. The van der Waals surface area contributed by atoms with Gasteiger partial charge in [-0.2, -0.15) is 0 Å². The Morgan fingerprint density at radius 3 is 2.26 bits per heavy atom. The molecule has 2 aliphatic rings. The van der Waals surface area contributed by atoms with Crippen LogP contribution in [-0.2, 0) is 0 Å². The minimum Gasteiger partial charge on any atom is -0.329 e. The normalized spacial score (nSPS) is 24.1. The zero-order valence-corrected chi connectivity index (χ0v) is 12.9. The van der Waals surface area contributed by atoms with Crippen LogP contribution in [0, 0.1) is 5.41 Å². The molecule has 2 N–H and O–H groups in total. The lowest BCUT2D eigenvalue weighted by atomic mass is 9.55. The zero-order valence-electron chi connectivity index (χ0n) is 11.3.